The van der Waals surface area contributed by atoms with E-state index in [-0.39, 0.29) is 5.75 Å². The molecule has 29 heavy (non-hydrogen) atoms. The average Bonchev–Trinajstić information content (AvgIpc) is 3.18. The van der Waals surface area contributed by atoms with Crippen molar-refractivity contribution >= 4 is 34.9 Å². The molecule has 148 valence electrons. The van der Waals surface area contributed by atoms with Crippen LogP contribution in [0.25, 0.3) is 0 Å². The SMILES string of the molecule is COc1ccc(C#Cc2nc(SNc3cc(F)c(C(=O)O)cc3OC)cs2)cc1. The molecule has 2 aromatic carbocycles. The first-order chi connectivity index (χ1) is 14.0. The van der Waals surface area contributed by atoms with Gasteiger partial charge >= 0.3 is 5.97 Å². The molecule has 0 aliphatic carbocycles. The maximum Gasteiger partial charge on any atom is 0.338 e. The summed E-state index contributed by atoms with van der Waals surface area (Å²) in [6.07, 6.45) is 0. The summed E-state index contributed by atoms with van der Waals surface area (Å²) in [6, 6.07) is 9.59. The lowest BCUT2D eigenvalue weighted by Gasteiger charge is -2.11. The summed E-state index contributed by atoms with van der Waals surface area (Å²) in [6.45, 7) is 0. The standard InChI is InChI=1S/C20H15FN2O4S2/c1-26-13-6-3-12(4-7-13)5-8-18-22-19(11-28-18)29-23-16-10-15(21)14(20(24)25)9-17(16)27-2/h3-4,6-7,9-11,23H,1-2H3,(H,24,25). The Hall–Kier alpha value is -3.22. The van der Waals surface area contributed by atoms with Crippen LogP contribution in [0, 0.1) is 17.7 Å². The van der Waals surface area contributed by atoms with Gasteiger partial charge in [-0.3, -0.25) is 0 Å². The number of carboxylic acid groups (broad SMARTS) is 1. The lowest BCUT2D eigenvalue weighted by atomic mass is 10.2. The van der Waals surface area contributed by atoms with Gasteiger partial charge in [-0.15, -0.1) is 11.3 Å². The second-order valence-electron chi connectivity index (χ2n) is 5.51. The molecule has 0 aliphatic heterocycles. The lowest BCUT2D eigenvalue weighted by molar-refractivity contribution is 0.0691. The molecule has 3 rings (SSSR count). The number of halogens is 1. The first-order valence-electron chi connectivity index (χ1n) is 8.15. The van der Waals surface area contributed by atoms with Gasteiger partial charge < -0.3 is 19.3 Å². The van der Waals surface area contributed by atoms with Gasteiger partial charge in [-0.05, 0) is 36.3 Å². The summed E-state index contributed by atoms with van der Waals surface area (Å²) < 4.78 is 27.1. The quantitative estimate of drug-likeness (QED) is 0.440. The molecule has 0 amide bonds. The largest absolute Gasteiger partial charge is 0.497 e. The Morgan fingerprint density at radius 1 is 1.21 bits per heavy atom. The van der Waals surface area contributed by atoms with E-state index < -0.39 is 17.3 Å². The Morgan fingerprint density at radius 3 is 2.62 bits per heavy atom. The van der Waals surface area contributed by atoms with Gasteiger partial charge in [0.15, 0.2) is 5.01 Å². The normalized spacial score (nSPS) is 10.0. The molecule has 2 N–H and O–H groups in total. The Balaban J connectivity index is 1.69. The van der Waals surface area contributed by atoms with E-state index in [2.05, 4.69) is 21.5 Å². The fourth-order valence-electron chi connectivity index (χ4n) is 2.24. The van der Waals surface area contributed by atoms with Crippen molar-refractivity contribution < 1.29 is 23.8 Å². The molecule has 0 fully saturated rings. The number of hydrogen-bond acceptors (Lipinski definition) is 7. The van der Waals surface area contributed by atoms with Gasteiger partial charge in [0.05, 0.1) is 25.5 Å². The molecule has 9 heteroatoms. The van der Waals surface area contributed by atoms with E-state index in [9.17, 15) is 9.18 Å². The van der Waals surface area contributed by atoms with Gasteiger partial charge in [-0.2, -0.15) is 0 Å². The summed E-state index contributed by atoms with van der Waals surface area (Å²) in [5, 5.41) is 12.1. The fourth-order valence-corrected chi connectivity index (χ4v) is 3.67. The van der Waals surface area contributed by atoms with Crippen LogP contribution in [-0.2, 0) is 0 Å². The average molecular weight is 430 g/mol. The van der Waals surface area contributed by atoms with Gasteiger partial charge in [0.25, 0.3) is 0 Å². The van der Waals surface area contributed by atoms with Crippen LogP contribution in [-0.4, -0.2) is 30.3 Å². The number of hydrogen-bond donors (Lipinski definition) is 2. The van der Waals surface area contributed by atoms with Gasteiger partial charge in [0.2, 0.25) is 0 Å². The van der Waals surface area contributed by atoms with Crippen LogP contribution >= 0.6 is 23.3 Å². The summed E-state index contributed by atoms with van der Waals surface area (Å²) in [5.74, 6) is 4.78. The number of benzene rings is 2. The van der Waals surface area contributed by atoms with Crippen LogP contribution in [0.2, 0.25) is 0 Å². The van der Waals surface area contributed by atoms with E-state index in [1.807, 2.05) is 29.6 Å². The van der Waals surface area contributed by atoms with E-state index in [0.717, 1.165) is 35.4 Å². The number of aromatic nitrogens is 1. The Kier molecular flexibility index (Phi) is 6.59. The minimum atomic E-state index is -1.36. The number of ether oxygens (including phenoxy) is 2. The number of carboxylic acids is 1. The molecule has 1 heterocycles. The summed E-state index contributed by atoms with van der Waals surface area (Å²) >= 11 is 2.52. The monoisotopic (exact) mass is 430 g/mol. The van der Waals surface area contributed by atoms with Gasteiger partial charge in [-0.1, -0.05) is 5.92 Å². The van der Waals surface area contributed by atoms with Crippen LogP contribution in [0.5, 0.6) is 11.5 Å². The van der Waals surface area contributed by atoms with Crippen molar-refractivity contribution in [1.82, 2.24) is 4.98 Å². The number of nitrogens with one attached hydrogen (secondary N) is 1. The van der Waals surface area contributed by atoms with Crippen molar-refractivity contribution in [3.05, 3.63) is 63.7 Å². The van der Waals surface area contributed by atoms with Crippen LogP contribution in [0.3, 0.4) is 0 Å². The number of aromatic carboxylic acids is 1. The summed E-state index contributed by atoms with van der Waals surface area (Å²) in [5.41, 5.74) is 0.688. The highest BCUT2D eigenvalue weighted by Crippen LogP contribution is 2.32. The number of thiazole rings is 1. The third kappa shape index (κ3) is 5.19. The molecule has 0 aliphatic rings. The van der Waals surface area contributed by atoms with Gasteiger partial charge in [-0.25, -0.2) is 14.2 Å². The third-order valence-electron chi connectivity index (χ3n) is 3.67. The fraction of sp³-hybridized carbons (Fsp3) is 0.100. The highest BCUT2D eigenvalue weighted by Gasteiger charge is 2.16. The molecule has 3 aromatic rings. The zero-order valence-corrected chi connectivity index (χ0v) is 17.0. The minimum absolute atomic E-state index is 0.214. The van der Waals surface area contributed by atoms with Crippen molar-refractivity contribution in [3.8, 4) is 23.3 Å². The molecule has 0 spiro atoms. The molecule has 0 saturated carbocycles. The first-order valence-corrected chi connectivity index (χ1v) is 9.85. The second kappa shape index (κ2) is 9.32. The minimum Gasteiger partial charge on any atom is -0.497 e. The zero-order chi connectivity index (χ0) is 20.8. The van der Waals surface area contributed by atoms with E-state index in [0.29, 0.717) is 15.7 Å². The Morgan fingerprint density at radius 2 is 1.97 bits per heavy atom. The van der Waals surface area contributed by atoms with Gasteiger partial charge in [0, 0.05) is 29.0 Å². The molecular formula is C20H15FN2O4S2. The zero-order valence-electron chi connectivity index (χ0n) is 15.4. The van der Waals surface area contributed by atoms with Crippen molar-refractivity contribution in [2.24, 2.45) is 0 Å². The molecule has 0 atom stereocenters. The highest BCUT2D eigenvalue weighted by atomic mass is 32.2. The number of nitrogens with zero attached hydrogens (tertiary/aromatic N) is 1. The van der Waals surface area contributed by atoms with E-state index in [1.165, 1.54) is 18.4 Å². The number of methoxy groups -OCH3 is 2. The highest BCUT2D eigenvalue weighted by molar-refractivity contribution is 8.00. The maximum absolute atomic E-state index is 13.9. The van der Waals surface area contributed by atoms with Crippen molar-refractivity contribution in [2.75, 3.05) is 18.9 Å². The van der Waals surface area contributed by atoms with E-state index >= 15 is 0 Å². The predicted molar refractivity (Wildman–Crippen MR) is 110 cm³/mol. The van der Waals surface area contributed by atoms with Crippen molar-refractivity contribution in [1.29, 1.82) is 0 Å². The molecule has 0 radical (unpaired) electrons. The third-order valence-corrected chi connectivity index (χ3v) is 5.32. The molecule has 0 bridgehead atoms. The second-order valence-corrected chi connectivity index (χ2v) is 7.20. The smallest absolute Gasteiger partial charge is 0.338 e. The van der Waals surface area contributed by atoms with E-state index in [4.69, 9.17) is 14.6 Å². The Labute approximate surface area is 174 Å². The lowest BCUT2D eigenvalue weighted by Crippen LogP contribution is -2.03. The van der Waals surface area contributed by atoms with Crippen LogP contribution < -0.4 is 14.2 Å². The molecule has 0 unspecified atom stereocenters. The molecular weight excluding hydrogens is 415 g/mol. The van der Waals surface area contributed by atoms with Crippen LogP contribution in [0.15, 0.2) is 46.8 Å². The van der Waals surface area contributed by atoms with Crippen LogP contribution in [0.4, 0.5) is 10.1 Å². The van der Waals surface area contributed by atoms with Gasteiger partial charge in [0.1, 0.15) is 22.3 Å². The number of carbonyl (C=O) groups is 1. The number of rotatable bonds is 6. The predicted octanol–water partition coefficient (Wildman–Crippen LogP) is 4.52. The Bertz CT molecular complexity index is 1090. The topological polar surface area (TPSA) is 80.7 Å². The summed E-state index contributed by atoms with van der Waals surface area (Å²) in [4.78, 5) is 15.4. The molecule has 1 aromatic heterocycles. The first kappa shape index (κ1) is 20.5. The van der Waals surface area contributed by atoms with E-state index in [1.54, 1.807) is 7.11 Å². The van der Waals surface area contributed by atoms with Crippen molar-refractivity contribution in [2.45, 2.75) is 5.03 Å². The molecule has 6 nitrogen and oxygen atoms in total. The molecule has 0 saturated heterocycles. The van der Waals surface area contributed by atoms with Crippen molar-refractivity contribution in [3.63, 3.8) is 0 Å². The summed E-state index contributed by atoms with van der Waals surface area (Å²) in [7, 11) is 2.98. The van der Waals surface area contributed by atoms with Crippen LogP contribution in [0.1, 0.15) is 20.9 Å². The maximum atomic E-state index is 13.9. The number of anilines is 1.